The summed E-state index contributed by atoms with van der Waals surface area (Å²) < 4.78 is 37.2. The van der Waals surface area contributed by atoms with Crippen molar-refractivity contribution >= 4 is 22.0 Å². The summed E-state index contributed by atoms with van der Waals surface area (Å²) in [6.45, 7) is 7.92. The van der Waals surface area contributed by atoms with Crippen LogP contribution in [0.3, 0.4) is 0 Å². The molecular weight excluding hydrogens is 406 g/mol. The van der Waals surface area contributed by atoms with Gasteiger partial charge < -0.3 is 9.47 Å². The van der Waals surface area contributed by atoms with Crippen molar-refractivity contribution in [2.24, 2.45) is 0 Å². The van der Waals surface area contributed by atoms with E-state index >= 15 is 0 Å². The molecule has 174 valence electrons. The van der Waals surface area contributed by atoms with Gasteiger partial charge in [0.25, 0.3) is 0 Å². The Bertz CT molecular complexity index is 657. The maximum Gasteiger partial charge on any atom is 0.305 e. The monoisotopic (exact) mass is 445 g/mol. The number of esters is 2. The minimum Gasteiger partial charge on any atom is -0.466 e. The van der Waals surface area contributed by atoms with E-state index in [1.807, 2.05) is 13.8 Å². The highest BCUT2D eigenvalue weighted by Crippen LogP contribution is 2.24. The molecule has 0 saturated heterocycles. The number of sulfonamides is 1. The fourth-order valence-electron chi connectivity index (χ4n) is 3.15. The predicted molar refractivity (Wildman–Crippen MR) is 118 cm³/mol. The number of nitrogens with one attached hydrogen (secondary N) is 1. The first-order valence-electron chi connectivity index (χ1n) is 11.0. The van der Waals surface area contributed by atoms with Gasteiger partial charge in [0.05, 0.1) is 12.4 Å². The Balaban J connectivity index is 4.33. The van der Waals surface area contributed by atoms with Gasteiger partial charge in [-0.2, -0.15) is 0 Å². The van der Waals surface area contributed by atoms with Crippen LogP contribution >= 0.6 is 0 Å². The first-order valence-corrected chi connectivity index (χ1v) is 12.7. The summed E-state index contributed by atoms with van der Waals surface area (Å²) in [5.74, 6) is 5.29. The van der Waals surface area contributed by atoms with Crippen molar-refractivity contribution in [3.8, 4) is 11.8 Å². The van der Waals surface area contributed by atoms with Gasteiger partial charge in [-0.15, -0.1) is 0 Å². The minimum atomic E-state index is -3.39. The van der Waals surface area contributed by atoms with Crippen LogP contribution in [-0.4, -0.2) is 44.9 Å². The molecule has 0 saturated carbocycles. The zero-order valence-electron chi connectivity index (χ0n) is 19.1. The molecule has 0 fully saturated rings. The van der Waals surface area contributed by atoms with E-state index in [0.717, 1.165) is 38.5 Å². The zero-order valence-corrected chi connectivity index (χ0v) is 19.9. The molecule has 1 N–H and O–H groups in total. The Kier molecular flexibility index (Phi) is 15.3. The van der Waals surface area contributed by atoms with Crippen LogP contribution in [0.5, 0.6) is 0 Å². The topological polar surface area (TPSA) is 98.8 Å². The van der Waals surface area contributed by atoms with Gasteiger partial charge in [-0.1, -0.05) is 51.4 Å². The number of hydrogen-bond donors (Lipinski definition) is 1. The summed E-state index contributed by atoms with van der Waals surface area (Å²) in [4.78, 5) is 22.7. The second-order valence-corrected chi connectivity index (χ2v) is 9.25. The summed E-state index contributed by atoms with van der Waals surface area (Å²) in [7, 11) is -3.39. The van der Waals surface area contributed by atoms with Crippen LogP contribution in [-0.2, 0) is 29.1 Å². The van der Waals surface area contributed by atoms with Crippen molar-refractivity contribution in [3.63, 3.8) is 0 Å². The summed E-state index contributed by atoms with van der Waals surface area (Å²) in [6, 6.07) is 0. The number of carbonyl (C=O) groups excluding carboxylic acids is 2. The molecule has 0 spiro atoms. The first kappa shape index (κ1) is 28.4. The molecular formula is C22H39NO6S. The average molecular weight is 446 g/mol. The molecule has 0 heterocycles. The molecule has 0 aliphatic heterocycles. The Morgan fingerprint density at radius 3 is 2.20 bits per heavy atom. The lowest BCUT2D eigenvalue weighted by Crippen LogP contribution is -2.33. The highest BCUT2D eigenvalue weighted by atomic mass is 32.2. The molecule has 0 amide bonds. The van der Waals surface area contributed by atoms with Crippen molar-refractivity contribution in [2.75, 3.05) is 18.9 Å². The lowest BCUT2D eigenvalue weighted by atomic mass is 9.93. The number of carbonyl (C=O) groups is 2. The van der Waals surface area contributed by atoms with Gasteiger partial charge >= 0.3 is 11.9 Å². The summed E-state index contributed by atoms with van der Waals surface area (Å²) >= 11 is 0. The number of ether oxygens (including phenoxy) is 2. The lowest BCUT2D eigenvalue weighted by molar-refractivity contribution is -0.152. The normalized spacial score (nSPS) is 11.5. The largest absolute Gasteiger partial charge is 0.466 e. The van der Waals surface area contributed by atoms with E-state index in [1.54, 1.807) is 6.92 Å². The third-order valence-corrected chi connectivity index (χ3v) is 5.78. The third-order valence-electron chi connectivity index (χ3n) is 4.39. The van der Waals surface area contributed by atoms with Crippen LogP contribution in [0.1, 0.15) is 91.9 Å². The SMILES string of the molecule is CCCC(C#CCCS(=O)(=O)NCCCCCCC(=O)OCC)(CCC)OC(C)=O. The van der Waals surface area contributed by atoms with E-state index in [0.29, 0.717) is 32.4 Å². The maximum absolute atomic E-state index is 12.1. The molecule has 0 aromatic heterocycles. The summed E-state index contributed by atoms with van der Waals surface area (Å²) in [6.07, 6.45) is 6.68. The van der Waals surface area contributed by atoms with Gasteiger partial charge in [0.1, 0.15) is 0 Å². The van der Waals surface area contributed by atoms with Gasteiger partial charge in [-0.05, 0) is 32.6 Å². The maximum atomic E-state index is 12.1. The third kappa shape index (κ3) is 14.4. The van der Waals surface area contributed by atoms with Crippen molar-refractivity contribution in [3.05, 3.63) is 0 Å². The van der Waals surface area contributed by atoms with Crippen LogP contribution in [0.25, 0.3) is 0 Å². The van der Waals surface area contributed by atoms with E-state index in [2.05, 4.69) is 16.6 Å². The molecule has 0 unspecified atom stereocenters. The molecule has 0 atom stereocenters. The molecule has 30 heavy (non-hydrogen) atoms. The Morgan fingerprint density at radius 1 is 1.00 bits per heavy atom. The first-order chi connectivity index (χ1) is 14.2. The average Bonchev–Trinajstić information content (AvgIpc) is 2.64. The second-order valence-electron chi connectivity index (χ2n) is 7.32. The standard InChI is InChI=1S/C22H39NO6S/c1-5-15-22(16-6-2,29-20(4)24)17-11-13-19-30(26,27)23-18-12-9-8-10-14-21(25)28-7-3/h23H,5-10,12-16,18-19H2,1-4H3. The molecule has 7 nitrogen and oxygen atoms in total. The zero-order chi connectivity index (χ0) is 22.9. The lowest BCUT2D eigenvalue weighted by Gasteiger charge is -2.27. The highest BCUT2D eigenvalue weighted by Gasteiger charge is 2.29. The van der Waals surface area contributed by atoms with E-state index in [4.69, 9.17) is 9.47 Å². The van der Waals surface area contributed by atoms with Gasteiger partial charge in [-0.25, -0.2) is 13.1 Å². The molecule has 0 rings (SSSR count). The predicted octanol–water partition coefficient (Wildman–Crippen LogP) is 3.72. The molecule has 0 bridgehead atoms. The van der Waals surface area contributed by atoms with Crippen molar-refractivity contribution in [1.29, 1.82) is 0 Å². The molecule has 0 aromatic rings. The van der Waals surface area contributed by atoms with Crippen molar-refractivity contribution in [1.82, 2.24) is 4.72 Å². The van der Waals surface area contributed by atoms with Gasteiger partial charge in [-0.3, -0.25) is 9.59 Å². The highest BCUT2D eigenvalue weighted by molar-refractivity contribution is 7.89. The smallest absolute Gasteiger partial charge is 0.305 e. The number of rotatable bonds is 16. The van der Waals surface area contributed by atoms with Crippen LogP contribution in [0, 0.1) is 11.8 Å². The summed E-state index contributed by atoms with van der Waals surface area (Å²) in [5, 5.41) is 0. The second kappa shape index (κ2) is 16.1. The van der Waals surface area contributed by atoms with E-state index < -0.39 is 15.6 Å². The van der Waals surface area contributed by atoms with Gasteiger partial charge in [0, 0.05) is 26.3 Å². The van der Waals surface area contributed by atoms with Gasteiger partial charge in [0.2, 0.25) is 10.0 Å². The van der Waals surface area contributed by atoms with Gasteiger partial charge in [0.15, 0.2) is 5.60 Å². The van der Waals surface area contributed by atoms with E-state index in [-0.39, 0.29) is 24.1 Å². The fraction of sp³-hybridized carbons (Fsp3) is 0.818. The van der Waals surface area contributed by atoms with Crippen LogP contribution in [0.4, 0.5) is 0 Å². The molecule has 0 aromatic carbocycles. The van der Waals surface area contributed by atoms with Crippen molar-refractivity contribution in [2.45, 2.75) is 97.5 Å². The van der Waals surface area contributed by atoms with Crippen LogP contribution in [0.2, 0.25) is 0 Å². The van der Waals surface area contributed by atoms with E-state index in [1.165, 1.54) is 6.92 Å². The quantitative estimate of drug-likeness (QED) is 0.221. The summed E-state index contributed by atoms with van der Waals surface area (Å²) in [5.41, 5.74) is -0.823. The Hall–Kier alpha value is -1.59. The van der Waals surface area contributed by atoms with Crippen LogP contribution in [0.15, 0.2) is 0 Å². The number of hydrogen-bond acceptors (Lipinski definition) is 6. The Labute approximate surface area is 182 Å². The van der Waals surface area contributed by atoms with Crippen molar-refractivity contribution < 1.29 is 27.5 Å². The minimum absolute atomic E-state index is 0.0861. The van der Waals surface area contributed by atoms with Crippen LogP contribution < -0.4 is 4.72 Å². The van der Waals surface area contributed by atoms with E-state index in [9.17, 15) is 18.0 Å². The number of unbranched alkanes of at least 4 members (excludes halogenated alkanes) is 3. The Morgan fingerprint density at radius 2 is 1.63 bits per heavy atom. The fourth-order valence-corrected chi connectivity index (χ4v) is 4.12. The molecule has 0 aliphatic rings. The molecule has 8 heteroatoms. The molecule has 0 radical (unpaired) electrons. The molecule has 0 aliphatic carbocycles.